The van der Waals surface area contributed by atoms with Gasteiger partial charge in [0.05, 0.1) is 43.2 Å². The van der Waals surface area contributed by atoms with Gasteiger partial charge in [-0.25, -0.2) is 4.79 Å². The number of carbonyl (C=O) groups excluding carboxylic acids is 3. The molecule has 0 unspecified atom stereocenters. The van der Waals surface area contributed by atoms with Crippen LogP contribution in [0.25, 0.3) is 0 Å². The van der Waals surface area contributed by atoms with Crippen molar-refractivity contribution in [3.05, 3.63) is 23.3 Å². The number of hydrogen-bond donors (Lipinski definition) is 4. The lowest BCUT2D eigenvalue weighted by molar-refractivity contribution is -0.355. The molecule has 12 heteroatoms. The van der Waals surface area contributed by atoms with Crippen LogP contribution in [0.3, 0.4) is 0 Å². The normalized spacial score (nSPS) is 47.8. The molecule has 4 aliphatic heterocycles. The Kier molecular flexibility index (Phi) is 10.7. The summed E-state index contributed by atoms with van der Waals surface area (Å²) in [5, 5.41) is 48.0. The van der Waals surface area contributed by atoms with Gasteiger partial charge in [0.25, 0.3) is 0 Å². The molecule has 4 N–H and O–H groups in total. The topological polar surface area (TPSA) is 178 Å². The molecular formula is C36H54O12. The van der Waals surface area contributed by atoms with Gasteiger partial charge in [-0.3, -0.25) is 9.59 Å². The molecule has 0 aromatic rings. The molecule has 14 atom stereocenters. The number of hydrogen-bond acceptors (Lipinski definition) is 12. The molecule has 5 fully saturated rings. The molecule has 0 amide bonds. The van der Waals surface area contributed by atoms with Crippen LogP contribution < -0.4 is 0 Å². The third-order valence-electron chi connectivity index (χ3n) is 11.7. The Morgan fingerprint density at radius 2 is 1.62 bits per heavy atom. The summed E-state index contributed by atoms with van der Waals surface area (Å²) in [5.74, 6) is -9.72. The van der Waals surface area contributed by atoms with Crippen LogP contribution >= 0.6 is 0 Å². The highest BCUT2D eigenvalue weighted by atomic mass is 16.6. The number of aliphatic hydroxyl groups is 4. The lowest BCUT2D eigenvalue weighted by atomic mass is 9.58. The Labute approximate surface area is 282 Å². The number of methoxy groups -OCH3 is 1. The fourth-order valence-electron chi connectivity index (χ4n) is 8.60. The zero-order valence-corrected chi connectivity index (χ0v) is 29.2. The van der Waals surface area contributed by atoms with Gasteiger partial charge in [-0.15, -0.1) is 0 Å². The quantitative estimate of drug-likeness (QED) is 0.191. The number of fused-ring (bicyclic) bond motifs is 8. The third-order valence-corrected chi connectivity index (χ3v) is 11.7. The fourth-order valence-corrected chi connectivity index (χ4v) is 8.60. The van der Waals surface area contributed by atoms with E-state index in [1.807, 2.05) is 26.8 Å². The summed E-state index contributed by atoms with van der Waals surface area (Å²) in [6.45, 7) is 10.8. The minimum atomic E-state index is -2.11. The minimum Gasteiger partial charge on any atom is -0.466 e. The highest BCUT2D eigenvalue weighted by molar-refractivity contribution is 5.86. The third kappa shape index (κ3) is 7.04. The number of rotatable bonds is 2. The van der Waals surface area contributed by atoms with Crippen molar-refractivity contribution in [1.82, 2.24) is 0 Å². The summed E-state index contributed by atoms with van der Waals surface area (Å²) in [6, 6.07) is 0. The average Bonchev–Trinajstić information content (AvgIpc) is 3.01. The highest BCUT2D eigenvalue weighted by Gasteiger charge is 2.65. The van der Waals surface area contributed by atoms with Crippen molar-refractivity contribution in [2.45, 2.75) is 147 Å². The number of ketones is 1. The molecule has 5 aliphatic rings. The Morgan fingerprint density at radius 3 is 2.29 bits per heavy atom. The molecule has 5 rings (SSSR count). The summed E-state index contributed by atoms with van der Waals surface area (Å²) in [7, 11) is 1.23. The second-order valence-electron chi connectivity index (χ2n) is 15.4. The Hall–Kier alpha value is -2.19. The lowest BCUT2D eigenvalue weighted by Crippen LogP contribution is -2.70. The van der Waals surface area contributed by atoms with Crippen molar-refractivity contribution in [3.63, 3.8) is 0 Å². The molecule has 4 heterocycles. The Balaban J connectivity index is 1.59. The average molecular weight is 679 g/mol. The smallest absolute Gasteiger partial charge is 0.330 e. The number of ether oxygens (including phenoxy) is 5. The van der Waals surface area contributed by atoms with E-state index in [0.717, 1.165) is 5.57 Å². The van der Waals surface area contributed by atoms with Gasteiger partial charge in [0.2, 0.25) is 0 Å². The summed E-state index contributed by atoms with van der Waals surface area (Å²) in [4.78, 5) is 39.8. The zero-order valence-electron chi connectivity index (χ0n) is 29.2. The van der Waals surface area contributed by atoms with Gasteiger partial charge in [0.1, 0.15) is 23.7 Å². The van der Waals surface area contributed by atoms with Gasteiger partial charge < -0.3 is 44.1 Å². The maximum absolute atomic E-state index is 13.8. The predicted molar refractivity (Wildman–Crippen MR) is 171 cm³/mol. The van der Waals surface area contributed by atoms with E-state index in [4.69, 9.17) is 23.7 Å². The van der Waals surface area contributed by atoms with E-state index in [-0.39, 0.29) is 50.2 Å². The lowest BCUT2D eigenvalue weighted by Gasteiger charge is -2.58. The minimum absolute atomic E-state index is 0.0717. The second-order valence-corrected chi connectivity index (χ2v) is 15.4. The first-order chi connectivity index (χ1) is 22.4. The van der Waals surface area contributed by atoms with Crippen LogP contribution in [0.15, 0.2) is 23.3 Å². The molecule has 4 saturated heterocycles. The van der Waals surface area contributed by atoms with E-state index in [1.165, 1.54) is 20.1 Å². The van der Waals surface area contributed by atoms with Gasteiger partial charge >= 0.3 is 11.9 Å². The SMILES string of the molecule is COC(=O)/C=C1\C[C@H]2O[C@@](O)(C1)[C@H](C)C(=O)O[C@H]1C[C@@H](C=C(C)C)O[C@@H](C[C@]3(O)O[C@H](CC[C@H]2O)[C@@H](C)[C@]2(O)CC[C@@H](C)C(=O)[C@H]23)[C@H]1C. The molecular weight excluding hydrogens is 624 g/mol. The van der Waals surface area contributed by atoms with E-state index in [1.54, 1.807) is 13.8 Å². The number of carbonyl (C=O) groups is 3. The number of esters is 2. The molecule has 12 nitrogen and oxygen atoms in total. The number of allylic oxidation sites excluding steroid dienone is 1. The highest BCUT2D eigenvalue weighted by Crippen LogP contribution is 2.54. The van der Waals surface area contributed by atoms with Crippen LogP contribution in [0.2, 0.25) is 0 Å². The first kappa shape index (κ1) is 37.1. The van der Waals surface area contributed by atoms with Gasteiger partial charge in [0.15, 0.2) is 11.6 Å². The standard InChI is InChI=1S/C36H54O12/c1-18(2)12-24-15-27-20(4)29(45-24)17-36(43)32-31(39)19(3)10-11-34(32,41)21(5)26(47-36)9-8-25(37)28-13-23(14-30(38)44-7)16-35(42,48-28)22(6)33(40)46-27/h12,14,19-22,24-29,32,37,41-43H,8-11,13,15-17H2,1-7H3/b23-14+/t19-,20+,21-,22-,24-,25-,26-,27+,28-,29+,32-,34-,35+,36+/m1/s1. The summed E-state index contributed by atoms with van der Waals surface area (Å²) in [5.41, 5.74) is -0.165. The molecule has 270 valence electrons. The first-order valence-electron chi connectivity index (χ1n) is 17.4. The van der Waals surface area contributed by atoms with Gasteiger partial charge in [0, 0.05) is 43.1 Å². The molecule has 0 radical (unpaired) electrons. The van der Waals surface area contributed by atoms with E-state index in [9.17, 15) is 34.8 Å². The molecule has 0 aromatic heterocycles. The zero-order chi connectivity index (χ0) is 35.3. The van der Waals surface area contributed by atoms with Crippen LogP contribution in [-0.4, -0.2) is 99.1 Å². The van der Waals surface area contributed by atoms with E-state index >= 15 is 0 Å². The maximum Gasteiger partial charge on any atom is 0.330 e. The van der Waals surface area contributed by atoms with Gasteiger partial charge in [-0.05, 0) is 52.9 Å². The van der Waals surface area contributed by atoms with E-state index < -0.39 is 89.4 Å². The summed E-state index contributed by atoms with van der Waals surface area (Å²) < 4.78 is 30.0. The van der Waals surface area contributed by atoms with Gasteiger partial charge in [-0.1, -0.05) is 38.0 Å². The first-order valence-corrected chi connectivity index (χ1v) is 17.4. The molecule has 6 bridgehead atoms. The van der Waals surface area contributed by atoms with Crippen LogP contribution in [0.1, 0.15) is 92.9 Å². The number of aliphatic hydroxyl groups excluding tert-OH is 1. The van der Waals surface area contributed by atoms with Crippen molar-refractivity contribution >= 4 is 17.7 Å². The van der Waals surface area contributed by atoms with E-state index in [0.29, 0.717) is 18.4 Å². The predicted octanol–water partition coefficient (Wildman–Crippen LogP) is 2.88. The van der Waals surface area contributed by atoms with Crippen molar-refractivity contribution in [1.29, 1.82) is 0 Å². The van der Waals surface area contributed by atoms with Crippen LogP contribution in [-0.2, 0) is 38.1 Å². The maximum atomic E-state index is 13.8. The second kappa shape index (κ2) is 13.8. The Morgan fingerprint density at radius 1 is 0.938 bits per heavy atom. The molecule has 1 saturated carbocycles. The molecule has 48 heavy (non-hydrogen) atoms. The molecule has 0 aromatic carbocycles. The Bertz CT molecular complexity index is 1310. The number of Topliss-reactive ketones (excluding diaryl/α,β-unsaturated/α-hetero) is 1. The van der Waals surface area contributed by atoms with Gasteiger partial charge in [-0.2, -0.15) is 0 Å². The van der Waals surface area contributed by atoms with Crippen molar-refractivity contribution < 1.29 is 58.5 Å². The van der Waals surface area contributed by atoms with Crippen LogP contribution in [0.4, 0.5) is 0 Å². The van der Waals surface area contributed by atoms with E-state index in [2.05, 4.69) is 0 Å². The molecule has 1 aliphatic carbocycles. The summed E-state index contributed by atoms with van der Waals surface area (Å²) in [6.07, 6.45) is -0.695. The van der Waals surface area contributed by atoms with Crippen molar-refractivity contribution in [2.75, 3.05) is 7.11 Å². The van der Waals surface area contributed by atoms with Crippen molar-refractivity contribution in [3.8, 4) is 0 Å². The fraction of sp³-hybridized carbons (Fsp3) is 0.806. The molecule has 0 spiro atoms. The van der Waals surface area contributed by atoms with Crippen molar-refractivity contribution in [2.24, 2.45) is 29.6 Å². The monoisotopic (exact) mass is 678 g/mol. The van der Waals surface area contributed by atoms with Crippen LogP contribution in [0.5, 0.6) is 0 Å². The van der Waals surface area contributed by atoms with Crippen LogP contribution in [0, 0.1) is 29.6 Å². The summed E-state index contributed by atoms with van der Waals surface area (Å²) >= 11 is 0. The largest absolute Gasteiger partial charge is 0.466 e.